The fraction of sp³-hybridized carbons (Fsp3) is 0.769. The number of hydrogen-bond acceptors (Lipinski definition) is 3. The Labute approximate surface area is 102 Å². The van der Waals surface area contributed by atoms with Crippen LogP contribution < -0.4 is 5.32 Å². The Morgan fingerprint density at radius 1 is 1.50 bits per heavy atom. The smallest absolute Gasteiger partial charge is 0.0959 e. The molecule has 0 amide bonds. The van der Waals surface area contributed by atoms with Gasteiger partial charge in [0.05, 0.1) is 10.7 Å². The van der Waals surface area contributed by atoms with Crippen molar-refractivity contribution in [1.29, 1.82) is 0 Å². The molecule has 1 saturated carbocycles. The summed E-state index contributed by atoms with van der Waals surface area (Å²) in [6.45, 7) is 7.61. The number of nitrogens with zero attached hydrogens (tertiary/aromatic N) is 1. The van der Waals surface area contributed by atoms with E-state index < -0.39 is 0 Å². The highest BCUT2D eigenvalue weighted by molar-refractivity contribution is 7.09. The summed E-state index contributed by atoms with van der Waals surface area (Å²) in [5.74, 6) is 1.64. The summed E-state index contributed by atoms with van der Waals surface area (Å²) in [7, 11) is 0. The molecular weight excluding hydrogens is 216 g/mol. The van der Waals surface area contributed by atoms with Crippen molar-refractivity contribution in [2.24, 2.45) is 5.92 Å². The molecule has 2 rings (SSSR count). The van der Waals surface area contributed by atoms with Crippen LogP contribution in [0.1, 0.15) is 56.7 Å². The fourth-order valence-electron chi connectivity index (χ4n) is 2.33. The van der Waals surface area contributed by atoms with Gasteiger partial charge in [-0.2, -0.15) is 0 Å². The summed E-state index contributed by atoms with van der Waals surface area (Å²) in [4.78, 5) is 4.75. The molecule has 1 aliphatic carbocycles. The van der Waals surface area contributed by atoms with E-state index >= 15 is 0 Å². The first-order chi connectivity index (χ1) is 7.65. The summed E-state index contributed by atoms with van der Waals surface area (Å²) in [6, 6.07) is 0.539. The molecule has 1 aromatic rings. The van der Waals surface area contributed by atoms with E-state index in [4.69, 9.17) is 4.98 Å². The van der Waals surface area contributed by atoms with Crippen LogP contribution in [0.25, 0.3) is 0 Å². The van der Waals surface area contributed by atoms with Gasteiger partial charge < -0.3 is 5.32 Å². The molecule has 1 fully saturated rings. The minimum absolute atomic E-state index is 0.539. The highest BCUT2D eigenvalue weighted by Gasteiger charge is 2.24. The average Bonchev–Trinajstić information content (AvgIpc) is 2.83. The second-order valence-corrected chi connectivity index (χ2v) is 6.22. The summed E-state index contributed by atoms with van der Waals surface area (Å²) in [5.41, 5.74) is 1.22. The fourth-order valence-corrected chi connectivity index (χ4v) is 3.30. The van der Waals surface area contributed by atoms with Crippen molar-refractivity contribution in [3.05, 3.63) is 16.1 Å². The lowest BCUT2D eigenvalue weighted by atomic mass is 10.1. The van der Waals surface area contributed by atoms with Gasteiger partial charge >= 0.3 is 0 Å². The van der Waals surface area contributed by atoms with E-state index in [1.165, 1.54) is 30.0 Å². The maximum Gasteiger partial charge on any atom is 0.0959 e. The van der Waals surface area contributed by atoms with E-state index in [0.717, 1.165) is 18.4 Å². The van der Waals surface area contributed by atoms with Gasteiger partial charge in [-0.15, -0.1) is 11.3 Å². The van der Waals surface area contributed by atoms with Crippen molar-refractivity contribution in [3.8, 4) is 0 Å². The van der Waals surface area contributed by atoms with Crippen LogP contribution in [0.2, 0.25) is 0 Å². The zero-order valence-corrected chi connectivity index (χ0v) is 11.3. The van der Waals surface area contributed by atoms with E-state index in [2.05, 4.69) is 31.5 Å². The molecule has 1 aliphatic rings. The van der Waals surface area contributed by atoms with Crippen LogP contribution in [-0.4, -0.2) is 11.0 Å². The Bertz CT molecular complexity index is 332. The SMILES string of the molecule is CC1CCC(c2nc(CNC(C)C)cs2)C1. The quantitative estimate of drug-likeness (QED) is 0.868. The Kier molecular flexibility index (Phi) is 3.98. The maximum atomic E-state index is 4.75. The van der Waals surface area contributed by atoms with E-state index in [0.29, 0.717) is 6.04 Å². The Hall–Kier alpha value is -0.410. The molecule has 0 bridgehead atoms. The minimum Gasteiger partial charge on any atom is -0.309 e. The predicted molar refractivity (Wildman–Crippen MR) is 69.8 cm³/mol. The van der Waals surface area contributed by atoms with Gasteiger partial charge in [-0.1, -0.05) is 27.2 Å². The molecule has 1 aromatic heterocycles. The van der Waals surface area contributed by atoms with Crippen LogP contribution in [0, 0.1) is 5.92 Å². The largest absolute Gasteiger partial charge is 0.309 e. The number of aromatic nitrogens is 1. The van der Waals surface area contributed by atoms with Crippen LogP contribution in [-0.2, 0) is 6.54 Å². The van der Waals surface area contributed by atoms with Crippen LogP contribution in [0.3, 0.4) is 0 Å². The van der Waals surface area contributed by atoms with Gasteiger partial charge in [0.1, 0.15) is 0 Å². The molecule has 3 heteroatoms. The molecule has 2 atom stereocenters. The van der Waals surface area contributed by atoms with Gasteiger partial charge in [0.15, 0.2) is 0 Å². The first kappa shape index (κ1) is 12.1. The highest BCUT2D eigenvalue weighted by Crippen LogP contribution is 2.38. The topological polar surface area (TPSA) is 24.9 Å². The van der Waals surface area contributed by atoms with Crippen molar-refractivity contribution >= 4 is 11.3 Å². The molecule has 1 heterocycles. The number of hydrogen-bond donors (Lipinski definition) is 1. The Balaban J connectivity index is 1.91. The average molecular weight is 238 g/mol. The lowest BCUT2D eigenvalue weighted by Gasteiger charge is -2.06. The van der Waals surface area contributed by atoms with Crippen molar-refractivity contribution in [2.75, 3.05) is 0 Å². The van der Waals surface area contributed by atoms with E-state index in [9.17, 15) is 0 Å². The lowest BCUT2D eigenvalue weighted by Crippen LogP contribution is -2.21. The molecule has 0 aromatic carbocycles. The molecule has 0 spiro atoms. The molecule has 0 radical (unpaired) electrons. The summed E-state index contributed by atoms with van der Waals surface area (Å²) in [5, 5.41) is 7.00. The lowest BCUT2D eigenvalue weighted by molar-refractivity contribution is 0.577. The first-order valence-electron chi connectivity index (χ1n) is 6.33. The third-order valence-electron chi connectivity index (χ3n) is 3.30. The Morgan fingerprint density at radius 2 is 2.31 bits per heavy atom. The highest BCUT2D eigenvalue weighted by atomic mass is 32.1. The molecule has 16 heavy (non-hydrogen) atoms. The van der Waals surface area contributed by atoms with Gasteiger partial charge in [-0.3, -0.25) is 0 Å². The third-order valence-corrected chi connectivity index (χ3v) is 4.36. The van der Waals surface area contributed by atoms with Crippen molar-refractivity contribution in [2.45, 2.75) is 58.5 Å². The number of rotatable bonds is 4. The minimum atomic E-state index is 0.539. The second kappa shape index (κ2) is 5.28. The zero-order chi connectivity index (χ0) is 11.5. The second-order valence-electron chi connectivity index (χ2n) is 5.33. The van der Waals surface area contributed by atoms with Crippen LogP contribution in [0.4, 0.5) is 0 Å². The number of nitrogens with one attached hydrogen (secondary N) is 1. The predicted octanol–water partition coefficient (Wildman–Crippen LogP) is 3.54. The Morgan fingerprint density at radius 3 is 2.94 bits per heavy atom. The van der Waals surface area contributed by atoms with Gasteiger partial charge in [0, 0.05) is 23.9 Å². The third kappa shape index (κ3) is 3.05. The van der Waals surface area contributed by atoms with Gasteiger partial charge in [0.25, 0.3) is 0 Å². The van der Waals surface area contributed by atoms with Gasteiger partial charge in [0.2, 0.25) is 0 Å². The molecule has 90 valence electrons. The monoisotopic (exact) mass is 238 g/mol. The summed E-state index contributed by atoms with van der Waals surface area (Å²) < 4.78 is 0. The van der Waals surface area contributed by atoms with Crippen LogP contribution in [0.15, 0.2) is 5.38 Å². The van der Waals surface area contributed by atoms with Gasteiger partial charge in [-0.25, -0.2) is 4.98 Å². The maximum absolute atomic E-state index is 4.75. The zero-order valence-electron chi connectivity index (χ0n) is 10.5. The van der Waals surface area contributed by atoms with Crippen molar-refractivity contribution in [1.82, 2.24) is 10.3 Å². The van der Waals surface area contributed by atoms with Gasteiger partial charge in [-0.05, 0) is 18.8 Å². The standard InChI is InChI=1S/C13H22N2S/c1-9(2)14-7-12-8-16-13(15-12)11-5-4-10(3)6-11/h8-11,14H,4-7H2,1-3H3. The molecule has 2 nitrogen and oxygen atoms in total. The normalized spacial score (nSPS) is 25.5. The van der Waals surface area contributed by atoms with Crippen LogP contribution in [0.5, 0.6) is 0 Å². The molecular formula is C13H22N2S. The van der Waals surface area contributed by atoms with Crippen LogP contribution >= 0.6 is 11.3 Å². The van der Waals surface area contributed by atoms with E-state index in [1.807, 2.05) is 11.3 Å². The van der Waals surface area contributed by atoms with E-state index in [1.54, 1.807) is 0 Å². The summed E-state index contributed by atoms with van der Waals surface area (Å²) >= 11 is 1.85. The van der Waals surface area contributed by atoms with Crippen molar-refractivity contribution < 1.29 is 0 Å². The number of thiazole rings is 1. The first-order valence-corrected chi connectivity index (χ1v) is 7.20. The molecule has 0 saturated heterocycles. The summed E-state index contributed by atoms with van der Waals surface area (Å²) in [6.07, 6.45) is 4.06. The van der Waals surface area contributed by atoms with Crippen molar-refractivity contribution in [3.63, 3.8) is 0 Å². The molecule has 2 unspecified atom stereocenters. The molecule has 1 N–H and O–H groups in total. The van der Waals surface area contributed by atoms with E-state index in [-0.39, 0.29) is 0 Å². The molecule has 0 aliphatic heterocycles.